The maximum Gasteiger partial charge on any atom is 0.326 e. The number of carbonyl (C=O) groups is 3. The summed E-state index contributed by atoms with van der Waals surface area (Å²) < 4.78 is 5.26. The third-order valence-electron chi connectivity index (χ3n) is 3.65. The number of amides is 1. The van der Waals surface area contributed by atoms with Crippen molar-refractivity contribution in [2.45, 2.75) is 38.8 Å². The van der Waals surface area contributed by atoms with Gasteiger partial charge in [-0.2, -0.15) is 0 Å². The smallest absolute Gasteiger partial charge is 0.326 e. The summed E-state index contributed by atoms with van der Waals surface area (Å²) in [5.41, 5.74) is 0. The molecule has 0 spiro atoms. The van der Waals surface area contributed by atoms with Crippen molar-refractivity contribution >= 4 is 29.4 Å². The van der Waals surface area contributed by atoms with Crippen LogP contribution in [0.15, 0.2) is 24.3 Å². The van der Waals surface area contributed by atoms with Crippen molar-refractivity contribution in [3.63, 3.8) is 0 Å². The number of hydrogen-bond donors (Lipinski definition) is 4. The van der Waals surface area contributed by atoms with Gasteiger partial charge in [0.15, 0.2) is 6.61 Å². The normalized spacial score (nSPS) is 13.0. The van der Waals surface area contributed by atoms with Crippen molar-refractivity contribution in [1.29, 1.82) is 0 Å². The van der Waals surface area contributed by atoms with Crippen molar-refractivity contribution in [3.05, 3.63) is 29.3 Å². The second kappa shape index (κ2) is 11.4. The molecule has 0 bridgehead atoms. The Kier molecular flexibility index (Phi) is 9.60. The van der Waals surface area contributed by atoms with E-state index in [0.717, 1.165) is 0 Å². The summed E-state index contributed by atoms with van der Waals surface area (Å²) >= 11 is 5.75. The summed E-state index contributed by atoms with van der Waals surface area (Å²) in [4.78, 5) is 34.4. The predicted molar refractivity (Wildman–Crippen MR) is 100 cm³/mol. The minimum atomic E-state index is -1.20. The number of hydrogen-bond acceptors (Lipinski definition) is 5. The quantitative estimate of drug-likeness (QED) is 0.421. The van der Waals surface area contributed by atoms with Gasteiger partial charge in [0.2, 0.25) is 0 Å². The molecule has 0 aliphatic heterocycles. The van der Waals surface area contributed by atoms with Gasteiger partial charge in [-0.05, 0) is 49.6 Å². The first-order valence-corrected chi connectivity index (χ1v) is 8.93. The van der Waals surface area contributed by atoms with Gasteiger partial charge in [0.25, 0.3) is 5.91 Å². The van der Waals surface area contributed by atoms with E-state index < -0.39 is 29.9 Å². The number of aliphatic carboxylic acids is 2. The van der Waals surface area contributed by atoms with Crippen LogP contribution in [-0.2, 0) is 14.4 Å². The van der Waals surface area contributed by atoms with Crippen LogP contribution in [0.3, 0.4) is 0 Å². The lowest BCUT2D eigenvalue weighted by molar-refractivity contribution is -0.142. The van der Waals surface area contributed by atoms with Crippen LogP contribution < -0.4 is 15.4 Å². The van der Waals surface area contributed by atoms with E-state index in [4.69, 9.17) is 21.4 Å². The van der Waals surface area contributed by atoms with Crippen LogP contribution in [0.25, 0.3) is 0 Å². The van der Waals surface area contributed by atoms with Gasteiger partial charge in [0.1, 0.15) is 17.8 Å². The Morgan fingerprint density at radius 1 is 1.07 bits per heavy atom. The second-order valence-corrected chi connectivity index (χ2v) is 6.90. The van der Waals surface area contributed by atoms with Crippen LogP contribution >= 0.6 is 11.6 Å². The lowest BCUT2D eigenvalue weighted by atomic mass is 10.0. The molecule has 9 heteroatoms. The molecule has 1 aromatic carbocycles. The highest BCUT2D eigenvalue weighted by molar-refractivity contribution is 6.30. The molecule has 0 saturated heterocycles. The summed E-state index contributed by atoms with van der Waals surface area (Å²) in [7, 11) is 0. The molecule has 1 amide bonds. The maximum absolute atomic E-state index is 11.9. The Balaban J connectivity index is 2.45. The van der Waals surface area contributed by atoms with E-state index in [0.29, 0.717) is 17.2 Å². The van der Waals surface area contributed by atoms with E-state index in [-0.39, 0.29) is 25.5 Å². The molecule has 0 aromatic heterocycles. The van der Waals surface area contributed by atoms with Gasteiger partial charge in [-0.25, -0.2) is 4.79 Å². The van der Waals surface area contributed by atoms with Crippen molar-refractivity contribution < 1.29 is 29.3 Å². The fraction of sp³-hybridized carbons (Fsp3) is 0.500. The summed E-state index contributed by atoms with van der Waals surface area (Å²) in [6.07, 6.45) is 0.470. The molecule has 0 aliphatic carbocycles. The average Bonchev–Trinajstić information content (AvgIpc) is 2.58. The van der Waals surface area contributed by atoms with Crippen LogP contribution in [0.1, 0.15) is 26.7 Å². The van der Waals surface area contributed by atoms with Crippen LogP contribution in [0.5, 0.6) is 5.75 Å². The standard InChI is InChI=1S/C18H25ClN2O6/c1-11(2)9-15(18(25)26)20-8-7-14(17(23)24)21-16(22)10-27-13-5-3-12(19)4-6-13/h3-6,11,14-15,20H,7-10H2,1-2H3,(H,21,22)(H,23,24)(H,25,26). The molecule has 27 heavy (non-hydrogen) atoms. The Morgan fingerprint density at radius 2 is 1.67 bits per heavy atom. The number of nitrogens with one attached hydrogen (secondary N) is 2. The van der Waals surface area contributed by atoms with Crippen molar-refractivity contribution in [3.8, 4) is 5.75 Å². The fourth-order valence-electron chi connectivity index (χ4n) is 2.32. The van der Waals surface area contributed by atoms with Crippen LogP contribution in [-0.4, -0.2) is 53.3 Å². The van der Waals surface area contributed by atoms with Crippen molar-refractivity contribution in [2.24, 2.45) is 5.92 Å². The molecule has 0 radical (unpaired) electrons. The summed E-state index contributed by atoms with van der Waals surface area (Å²) in [5, 5.41) is 24.1. The third-order valence-corrected chi connectivity index (χ3v) is 3.90. The maximum atomic E-state index is 11.9. The predicted octanol–water partition coefficient (Wildman–Crippen LogP) is 1.77. The van der Waals surface area contributed by atoms with Gasteiger partial charge in [-0.15, -0.1) is 0 Å². The Bertz CT molecular complexity index is 635. The highest BCUT2D eigenvalue weighted by Crippen LogP contribution is 2.15. The van der Waals surface area contributed by atoms with Crippen molar-refractivity contribution in [1.82, 2.24) is 10.6 Å². The van der Waals surface area contributed by atoms with E-state index >= 15 is 0 Å². The fourth-order valence-corrected chi connectivity index (χ4v) is 2.44. The SMILES string of the molecule is CC(C)CC(NCCC(NC(=O)COc1ccc(Cl)cc1)C(=O)O)C(=O)O. The molecule has 1 rings (SSSR count). The minimum Gasteiger partial charge on any atom is -0.484 e. The van der Waals surface area contributed by atoms with Gasteiger partial charge < -0.3 is 25.6 Å². The molecule has 2 unspecified atom stereocenters. The van der Waals surface area contributed by atoms with Gasteiger partial charge in [0.05, 0.1) is 0 Å². The summed E-state index contributed by atoms with van der Waals surface area (Å²) in [6, 6.07) is 4.49. The molecule has 8 nitrogen and oxygen atoms in total. The Morgan fingerprint density at radius 3 is 2.19 bits per heavy atom. The molecule has 1 aromatic rings. The molecule has 0 saturated carbocycles. The number of rotatable bonds is 12. The van der Waals surface area contributed by atoms with Crippen LogP contribution in [0.2, 0.25) is 5.02 Å². The van der Waals surface area contributed by atoms with E-state index in [1.807, 2.05) is 13.8 Å². The number of halogens is 1. The number of benzene rings is 1. The molecule has 0 fully saturated rings. The molecule has 2 atom stereocenters. The monoisotopic (exact) mass is 400 g/mol. The average molecular weight is 401 g/mol. The van der Waals surface area contributed by atoms with Gasteiger partial charge in [-0.1, -0.05) is 25.4 Å². The number of ether oxygens (including phenoxy) is 1. The topological polar surface area (TPSA) is 125 Å². The Labute approximate surface area is 162 Å². The molecule has 4 N–H and O–H groups in total. The highest BCUT2D eigenvalue weighted by Gasteiger charge is 2.22. The zero-order valence-corrected chi connectivity index (χ0v) is 16.0. The number of carbonyl (C=O) groups excluding carboxylic acids is 1. The Hall–Kier alpha value is -2.32. The minimum absolute atomic E-state index is 0.0455. The second-order valence-electron chi connectivity index (χ2n) is 6.46. The summed E-state index contributed by atoms with van der Waals surface area (Å²) in [5.74, 6) is -2.17. The van der Waals surface area contributed by atoms with Crippen LogP contribution in [0, 0.1) is 5.92 Å². The van der Waals surface area contributed by atoms with E-state index in [2.05, 4.69) is 10.6 Å². The van der Waals surface area contributed by atoms with Gasteiger partial charge in [-0.3, -0.25) is 9.59 Å². The third kappa shape index (κ3) is 9.25. The number of carboxylic acid groups (broad SMARTS) is 2. The molecule has 0 heterocycles. The van der Waals surface area contributed by atoms with Crippen LogP contribution in [0.4, 0.5) is 0 Å². The zero-order valence-electron chi connectivity index (χ0n) is 15.3. The van der Waals surface area contributed by atoms with Gasteiger partial charge >= 0.3 is 11.9 Å². The lowest BCUT2D eigenvalue weighted by Crippen LogP contribution is -2.46. The largest absolute Gasteiger partial charge is 0.484 e. The first-order valence-electron chi connectivity index (χ1n) is 8.55. The van der Waals surface area contributed by atoms with E-state index in [1.165, 1.54) is 0 Å². The first kappa shape index (κ1) is 22.7. The van der Waals surface area contributed by atoms with E-state index in [9.17, 15) is 19.5 Å². The molecule has 150 valence electrons. The molecule has 0 aliphatic rings. The molecular formula is C18H25ClN2O6. The lowest BCUT2D eigenvalue weighted by Gasteiger charge is -2.19. The zero-order chi connectivity index (χ0) is 20.4. The van der Waals surface area contributed by atoms with Crippen molar-refractivity contribution in [2.75, 3.05) is 13.2 Å². The first-order chi connectivity index (χ1) is 12.7. The van der Waals surface area contributed by atoms with Gasteiger partial charge in [0, 0.05) is 5.02 Å². The summed E-state index contributed by atoms with van der Waals surface area (Å²) in [6.45, 7) is 3.60. The van der Waals surface area contributed by atoms with E-state index in [1.54, 1.807) is 24.3 Å². The molecular weight excluding hydrogens is 376 g/mol. The highest BCUT2D eigenvalue weighted by atomic mass is 35.5. The number of carboxylic acids is 2.